The van der Waals surface area contributed by atoms with Gasteiger partial charge in [-0.1, -0.05) is 69.3 Å². The number of hydrogen-bond acceptors (Lipinski definition) is 5. The molecule has 1 fully saturated rings. The van der Waals surface area contributed by atoms with E-state index in [2.05, 4.69) is 46.9 Å². The Labute approximate surface area is 236 Å². The van der Waals surface area contributed by atoms with Crippen LogP contribution in [-0.2, 0) is 4.79 Å². The third-order valence-electron chi connectivity index (χ3n) is 6.19. The van der Waals surface area contributed by atoms with Gasteiger partial charge in [-0.15, -0.1) is 0 Å². The van der Waals surface area contributed by atoms with Gasteiger partial charge in [0.2, 0.25) is 5.91 Å². The second-order valence-corrected chi connectivity index (χ2v) is 8.72. The van der Waals surface area contributed by atoms with Crippen LogP contribution in [0.2, 0.25) is 0 Å². The van der Waals surface area contributed by atoms with Crippen LogP contribution in [0.15, 0.2) is 82.8 Å². The molecule has 1 heterocycles. The molecule has 1 aliphatic heterocycles. The molecule has 208 valence electrons. The number of carbonyl (C=O) groups excluding carboxylic acids is 1. The summed E-state index contributed by atoms with van der Waals surface area (Å²) in [5, 5.41) is 8.97. The first-order valence-corrected chi connectivity index (χ1v) is 13.8. The molecule has 0 N–H and O–H groups in total. The number of rotatable bonds is 7. The highest BCUT2D eigenvalue weighted by atomic mass is 16.2. The van der Waals surface area contributed by atoms with E-state index in [0.29, 0.717) is 12.0 Å². The van der Waals surface area contributed by atoms with Gasteiger partial charge < -0.3 is 4.90 Å². The summed E-state index contributed by atoms with van der Waals surface area (Å²) in [6.07, 6.45) is 8.60. The van der Waals surface area contributed by atoms with E-state index in [-0.39, 0.29) is 12.1 Å². The zero-order valence-corrected chi connectivity index (χ0v) is 24.8. The lowest BCUT2D eigenvalue weighted by molar-refractivity contribution is -0.132. The van der Waals surface area contributed by atoms with Crippen LogP contribution >= 0.6 is 0 Å². The van der Waals surface area contributed by atoms with Crippen molar-refractivity contribution < 1.29 is 4.79 Å². The van der Waals surface area contributed by atoms with E-state index in [0.717, 1.165) is 43.0 Å². The molecule has 2 aromatic carbocycles. The van der Waals surface area contributed by atoms with Gasteiger partial charge in [0.1, 0.15) is 0 Å². The van der Waals surface area contributed by atoms with Crippen molar-refractivity contribution in [3.8, 4) is 6.07 Å². The van der Waals surface area contributed by atoms with E-state index < -0.39 is 0 Å². The van der Waals surface area contributed by atoms with Crippen molar-refractivity contribution in [1.82, 2.24) is 9.80 Å². The molecule has 1 amide bonds. The molecule has 6 nitrogen and oxygen atoms in total. The number of amides is 1. The van der Waals surface area contributed by atoms with Crippen molar-refractivity contribution in [1.29, 1.82) is 5.26 Å². The summed E-state index contributed by atoms with van der Waals surface area (Å²) in [5.74, 6) is 0.259. The summed E-state index contributed by atoms with van der Waals surface area (Å²) in [6.45, 7) is 15.5. The minimum atomic E-state index is 0.199. The van der Waals surface area contributed by atoms with Crippen LogP contribution < -0.4 is 0 Å². The number of benzene rings is 2. The number of nitrogens with zero attached hydrogens (tertiary/aromatic N) is 5. The molecule has 0 aromatic heterocycles. The molecule has 0 aliphatic carbocycles. The first kappa shape index (κ1) is 33.2. The molecule has 1 aliphatic rings. The Kier molecular flexibility index (Phi) is 16.4. The van der Waals surface area contributed by atoms with Gasteiger partial charge in [-0.3, -0.25) is 19.7 Å². The van der Waals surface area contributed by atoms with Crippen molar-refractivity contribution >= 4 is 23.4 Å². The maximum atomic E-state index is 11.5. The zero-order chi connectivity index (χ0) is 29.0. The maximum Gasteiger partial charge on any atom is 0.222 e. The fourth-order valence-electron chi connectivity index (χ4n) is 3.94. The first-order valence-electron chi connectivity index (χ1n) is 13.8. The number of hydrogen-bond donors (Lipinski definition) is 0. The van der Waals surface area contributed by atoms with Crippen LogP contribution in [-0.4, -0.2) is 67.0 Å². The highest BCUT2D eigenvalue weighted by Gasteiger charge is 2.22. The molecule has 6 heteroatoms. The minimum Gasteiger partial charge on any atom is -0.340 e. The molecule has 0 saturated carbocycles. The van der Waals surface area contributed by atoms with Gasteiger partial charge in [0, 0.05) is 51.4 Å². The van der Waals surface area contributed by atoms with Gasteiger partial charge in [0.05, 0.1) is 23.5 Å². The van der Waals surface area contributed by atoms with E-state index in [1.165, 1.54) is 5.56 Å². The smallest absolute Gasteiger partial charge is 0.222 e. The van der Waals surface area contributed by atoms with E-state index in [1.54, 1.807) is 13.1 Å². The van der Waals surface area contributed by atoms with Crippen molar-refractivity contribution in [2.24, 2.45) is 9.98 Å². The molecule has 0 radical (unpaired) electrons. The SMILES string of the molecule is C/C=C\C=N/C(C)N1CCN(C(=O)CC)CC1.CC.CN=C(/C=C(\C)c1ccccc1)c1cccc(C#N)c1. The third kappa shape index (κ3) is 11.6. The van der Waals surface area contributed by atoms with E-state index in [1.807, 2.05) is 93.4 Å². The number of nitriles is 1. The lowest BCUT2D eigenvalue weighted by atomic mass is 10.0. The lowest BCUT2D eigenvalue weighted by Gasteiger charge is -2.36. The molecular weight excluding hydrogens is 482 g/mol. The van der Waals surface area contributed by atoms with Gasteiger partial charge in [-0.05, 0) is 56.2 Å². The van der Waals surface area contributed by atoms with E-state index >= 15 is 0 Å². The Morgan fingerprint density at radius 3 is 2.26 bits per heavy atom. The monoisotopic (exact) mass is 527 g/mol. The number of allylic oxidation sites excluding steroid dienone is 4. The van der Waals surface area contributed by atoms with Crippen LogP contribution in [0.4, 0.5) is 0 Å². The average Bonchev–Trinajstić information content (AvgIpc) is 3.01. The second kappa shape index (κ2) is 19.3. The number of carbonyl (C=O) groups is 1. The van der Waals surface area contributed by atoms with Crippen LogP contribution in [0.1, 0.15) is 64.7 Å². The van der Waals surface area contributed by atoms with Gasteiger partial charge in [0.25, 0.3) is 0 Å². The highest BCUT2D eigenvalue weighted by molar-refractivity contribution is 6.12. The molecular formula is C33H45N5O. The topological polar surface area (TPSA) is 72.1 Å². The summed E-state index contributed by atoms with van der Waals surface area (Å²) in [7, 11) is 1.77. The quantitative estimate of drug-likeness (QED) is 0.379. The Morgan fingerprint density at radius 2 is 1.69 bits per heavy atom. The third-order valence-corrected chi connectivity index (χ3v) is 6.19. The summed E-state index contributed by atoms with van der Waals surface area (Å²) in [6, 6.07) is 19.8. The van der Waals surface area contributed by atoms with Gasteiger partial charge in [0.15, 0.2) is 0 Å². The maximum absolute atomic E-state index is 11.5. The van der Waals surface area contributed by atoms with Gasteiger partial charge >= 0.3 is 0 Å². The standard InChI is InChI=1S/C18H16N2.C13H23N3O.C2H6/c1-14(16-8-4-3-5-9-16)11-18(20-2)17-10-6-7-15(12-17)13-19;1-4-6-7-14-12(3)15-8-10-16(11-9-15)13(17)5-2;1-2/h3-12H,1-2H3;4,6-7,12H,5,8-11H2,1-3H3;1-2H3/b14-11+,20-18?;6-4-,14-7-;. The second-order valence-electron chi connectivity index (χ2n) is 8.72. The van der Waals surface area contributed by atoms with Crippen molar-refractivity contribution in [3.63, 3.8) is 0 Å². The Bertz CT molecular complexity index is 1150. The molecule has 3 rings (SSSR count). The molecule has 0 spiro atoms. The van der Waals surface area contributed by atoms with Crippen LogP contribution in [0.3, 0.4) is 0 Å². The molecule has 39 heavy (non-hydrogen) atoms. The lowest BCUT2D eigenvalue weighted by Crippen LogP contribution is -2.50. The van der Waals surface area contributed by atoms with Crippen LogP contribution in [0, 0.1) is 11.3 Å². The highest BCUT2D eigenvalue weighted by Crippen LogP contribution is 2.15. The summed E-state index contributed by atoms with van der Waals surface area (Å²) < 4.78 is 0. The van der Waals surface area contributed by atoms with Crippen LogP contribution in [0.25, 0.3) is 5.57 Å². The number of aliphatic imine (C=N–C) groups is 2. The summed E-state index contributed by atoms with van der Waals surface area (Å²) >= 11 is 0. The van der Waals surface area contributed by atoms with E-state index in [4.69, 9.17) is 5.26 Å². The average molecular weight is 528 g/mol. The Balaban J connectivity index is 0.000000371. The number of piperazine rings is 1. The largest absolute Gasteiger partial charge is 0.340 e. The minimum absolute atomic E-state index is 0.199. The van der Waals surface area contributed by atoms with E-state index in [9.17, 15) is 4.79 Å². The predicted molar refractivity (Wildman–Crippen MR) is 166 cm³/mol. The molecule has 1 saturated heterocycles. The fourth-order valence-corrected chi connectivity index (χ4v) is 3.94. The zero-order valence-electron chi connectivity index (χ0n) is 24.8. The van der Waals surface area contributed by atoms with Crippen molar-refractivity contribution in [2.75, 3.05) is 33.2 Å². The van der Waals surface area contributed by atoms with Crippen LogP contribution in [0.5, 0.6) is 0 Å². The van der Waals surface area contributed by atoms with Crippen molar-refractivity contribution in [2.45, 2.75) is 54.1 Å². The van der Waals surface area contributed by atoms with Gasteiger partial charge in [-0.2, -0.15) is 5.26 Å². The normalized spacial score (nSPS) is 15.2. The molecule has 0 bridgehead atoms. The molecule has 1 unspecified atom stereocenters. The van der Waals surface area contributed by atoms with Crippen molar-refractivity contribution in [3.05, 3.63) is 89.5 Å². The molecule has 2 aromatic rings. The summed E-state index contributed by atoms with van der Waals surface area (Å²) in [4.78, 5) is 24.5. The molecule has 1 atom stereocenters. The Morgan fingerprint density at radius 1 is 1.05 bits per heavy atom. The predicted octanol–water partition coefficient (Wildman–Crippen LogP) is 6.64. The summed E-state index contributed by atoms with van der Waals surface area (Å²) in [5.41, 5.74) is 4.80. The van der Waals surface area contributed by atoms with Gasteiger partial charge in [-0.25, -0.2) is 0 Å². The first-order chi connectivity index (χ1) is 18.9. The Hall–Kier alpha value is -3.82. The fraction of sp³-hybridized carbons (Fsp3) is 0.394.